The SMILES string of the molecule is COc1ccc(-c2nn(CCNC(=O)c3cc4ccccc4o3)c(=O)n2C)cc1. The smallest absolute Gasteiger partial charge is 0.345 e. The minimum Gasteiger partial charge on any atom is -0.497 e. The second-order valence-electron chi connectivity index (χ2n) is 6.52. The van der Waals surface area contributed by atoms with Gasteiger partial charge in [-0.05, 0) is 36.4 Å². The maximum atomic E-state index is 12.5. The molecule has 0 saturated carbocycles. The number of aromatic nitrogens is 3. The van der Waals surface area contributed by atoms with E-state index in [1.807, 2.05) is 42.5 Å². The molecule has 2 aromatic carbocycles. The van der Waals surface area contributed by atoms with Gasteiger partial charge in [0.15, 0.2) is 11.6 Å². The Hall–Kier alpha value is -3.81. The fourth-order valence-corrected chi connectivity index (χ4v) is 3.08. The fraction of sp³-hybridized carbons (Fsp3) is 0.190. The van der Waals surface area contributed by atoms with Gasteiger partial charge >= 0.3 is 5.69 Å². The van der Waals surface area contributed by atoms with Gasteiger partial charge in [0.25, 0.3) is 5.91 Å². The van der Waals surface area contributed by atoms with E-state index in [0.29, 0.717) is 11.4 Å². The summed E-state index contributed by atoms with van der Waals surface area (Å²) in [6, 6.07) is 16.4. The van der Waals surface area contributed by atoms with Crippen molar-refractivity contribution in [3.63, 3.8) is 0 Å². The molecular weight excluding hydrogens is 372 g/mol. The average molecular weight is 392 g/mol. The van der Waals surface area contributed by atoms with Crippen molar-refractivity contribution >= 4 is 16.9 Å². The molecule has 0 radical (unpaired) electrons. The van der Waals surface area contributed by atoms with Gasteiger partial charge in [-0.15, -0.1) is 5.10 Å². The Bertz CT molecular complexity index is 1180. The Morgan fingerprint density at radius 3 is 2.66 bits per heavy atom. The van der Waals surface area contributed by atoms with Crippen molar-refractivity contribution in [1.82, 2.24) is 19.7 Å². The summed E-state index contributed by atoms with van der Waals surface area (Å²) in [4.78, 5) is 24.8. The third kappa shape index (κ3) is 3.64. The lowest BCUT2D eigenvalue weighted by Gasteiger charge is -2.03. The first kappa shape index (κ1) is 18.5. The number of carbonyl (C=O) groups is 1. The summed E-state index contributed by atoms with van der Waals surface area (Å²) in [7, 11) is 3.26. The first-order chi connectivity index (χ1) is 14.1. The van der Waals surface area contributed by atoms with Gasteiger partial charge in [0.05, 0.1) is 13.7 Å². The van der Waals surface area contributed by atoms with E-state index in [1.165, 1.54) is 9.25 Å². The average Bonchev–Trinajstić information content (AvgIpc) is 3.30. The van der Waals surface area contributed by atoms with Gasteiger partial charge in [-0.25, -0.2) is 9.48 Å². The lowest BCUT2D eigenvalue weighted by Crippen LogP contribution is -2.31. The van der Waals surface area contributed by atoms with Gasteiger partial charge in [-0.2, -0.15) is 0 Å². The van der Waals surface area contributed by atoms with Gasteiger partial charge in [0.1, 0.15) is 11.3 Å². The summed E-state index contributed by atoms with van der Waals surface area (Å²) in [5, 5.41) is 8.02. The number of hydrogen-bond donors (Lipinski definition) is 1. The number of nitrogens with zero attached hydrogens (tertiary/aromatic N) is 3. The molecule has 0 aliphatic heterocycles. The monoisotopic (exact) mass is 392 g/mol. The quantitative estimate of drug-likeness (QED) is 0.544. The van der Waals surface area contributed by atoms with Crippen LogP contribution in [0.15, 0.2) is 63.8 Å². The van der Waals surface area contributed by atoms with Crippen LogP contribution in [-0.2, 0) is 13.6 Å². The summed E-state index contributed by atoms with van der Waals surface area (Å²) in [6.45, 7) is 0.490. The number of furan rings is 1. The van der Waals surface area contributed by atoms with Crippen molar-refractivity contribution in [1.29, 1.82) is 0 Å². The highest BCUT2D eigenvalue weighted by molar-refractivity contribution is 5.96. The highest BCUT2D eigenvalue weighted by atomic mass is 16.5. The van der Waals surface area contributed by atoms with Crippen LogP contribution in [0.2, 0.25) is 0 Å². The van der Waals surface area contributed by atoms with Crippen LogP contribution in [0.25, 0.3) is 22.4 Å². The number of nitrogens with one attached hydrogen (secondary N) is 1. The van der Waals surface area contributed by atoms with Gasteiger partial charge in [-0.3, -0.25) is 9.36 Å². The first-order valence-electron chi connectivity index (χ1n) is 9.12. The molecule has 8 nitrogen and oxygen atoms in total. The van der Waals surface area contributed by atoms with Crippen LogP contribution in [0.5, 0.6) is 5.75 Å². The maximum absolute atomic E-state index is 12.5. The largest absolute Gasteiger partial charge is 0.497 e. The van der Waals surface area contributed by atoms with Crippen molar-refractivity contribution in [2.24, 2.45) is 7.05 Å². The molecular formula is C21H20N4O4. The van der Waals surface area contributed by atoms with Crippen molar-refractivity contribution in [3.8, 4) is 17.1 Å². The Morgan fingerprint density at radius 2 is 1.93 bits per heavy atom. The Labute approximate surface area is 166 Å². The number of carbonyl (C=O) groups excluding carboxylic acids is 1. The molecule has 0 fully saturated rings. The molecule has 0 spiro atoms. The minimum absolute atomic E-state index is 0.235. The molecule has 0 aliphatic carbocycles. The van der Waals surface area contributed by atoms with Gasteiger partial charge < -0.3 is 14.5 Å². The van der Waals surface area contributed by atoms with Crippen LogP contribution in [0.4, 0.5) is 0 Å². The molecule has 1 N–H and O–H groups in total. The molecule has 0 unspecified atom stereocenters. The summed E-state index contributed by atoms with van der Waals surface area (Å²) in [5.74, 6) is 1.17. The summed E-state index contributed by atoms with van der Waals surface area (Å²) >= 11 is 0. The maximum Gasteiger partial charge on any atom is 0.345 e. The van der Waals surface area contributed by atoms with Gasteiger partial charge in [0, 0.05) is 24.5 Å². The molecule has 0 aliphatic rings. The van der Waals surface area contributed by atoms with Crippen LogP contribution < -0.4 is 15.7 Å². The number of hydrogen-bond acceptors (Lipinski definition) is 5. The first-order valence-corrected chi connectivity index (χ1v) is 9.12. The summed E-state index contributed by atoms with van der Waals surface area (Å²) in [6.07, 6.45) is 0. The zero-order chi connectivity index (χ0) is 20.4. The molecule has 148 valence electrons. The minimum atomic E-state index is -0.333. The van der Waals surface area contributed by atoms with Crippen LogP contribution in [0.3, 0.4) is 0 Å². The van der Waals surface area contributed by atoms with E-state index in [0.717, 1.165) is 16.7 Å². The van der Waals surface area contributed by atoms with Crippen molar-refractivity contribution in [2.45, 2.75) is 6.54 Å². The van der Waals surface area contributed by atoms with E-state index in [1.54, 1.807) is 26.3 Å². The van der Waals surface area contributed by atoms with Crippen molar-refractivity contribution < 1.29 is 13.9 Å². The normalized spacial score (nSPS) is 11.0. The Kier molecular flexibility index (Phi) is 4.90. The number of ether oxygens (including phenoxy) is 1. The lowest BCUT2D eigenvalue weighted by atomic mass is 10.2. The lowest BCUT2D eigenvalue weighted by molar-refractivity contribution is 0.0926. The standard InChI is InChI=1S/C21H20N4O4/c1-24-19(14-7-9-16(28-2)10-8-14)23-25(21(24)27)12-11-22-20(26)18-13-15-5-3-4-6-17(15)29-18/h3-10,13H,11-12H2,1-2H3,(H,22,26). The highest BCUT2D eigenvalue weighted by Gasteiger charge is 2.14. The summed E-state index contributed by atoms with van der Waals surface area (Å²) in [5.41, 5.74) is 1.20. The molecule has 4 rings (SSSR count). The second-order valence-corrected chi connectivity index (χ2v) is 6.52. The van der Waals surface area contributed by atoms with E-state index < -0.39 is 0 Å². The third-order valence-electron chi connectivity index (χ3n) is 4.65. The fourth-order valence-electron chi connectivity index (χ4n) is 3.08. The predicted octanol–water partition coefficient (Wildman–Crippen LogP) is 2.43. The van der Waals surface area contributed by atoms with Crippen LogP contribution >= 0.6 is 0 Å². The zero-order valence-electron chi connectivity index (χ0n) is 16.1. The predicted molar refractivity (Wildman–Crippen MR) is 108 cm³/mol. The molecule has 2 aromatic heterocycles. The van der Waals surface area contributed by atoms with Gasteiger partial charge in [0.2, 0.25) is 0 Å². The van der Waals surface area contributed by atoms with E-state index >= 15 is 0 Å². The van der Waals surface area contributed by atoms with E-state index in [4.69, 9.17) is 9.15 Å². The van der Waals surface area contributed by atoms with Crippen LogP contribution in [0.1, 0.15) is 10.6 Å². The van der Waals surface area contributed by atoms with Crippen molar-refractivity contribution in [2.75, 3.05) is 13.7 Å². The molecule has 0 atom stereocenters. The molecule has 0 bridgehead atoms. The molecule has 1 amide bonds. The Balaban J connectivity index is 1.44. The molecule has 2 heterocycles. The molecule has 4 aromatic rings. The Morgan fingerprint density at radius 1 is 1.17 bits per heavy atom. The number of fused-ring (bicyclic) bond motifs is 1. The van der Waals surface area contributed by atoms with E-state index in [2.05, 4.69) is 10.4 Å². The van der Waals surface area contributed by atoms with E-state index in [9.17, 15) is 9.59 Å². The van der Waals surface area contributed by atoms with Crippen LogP contribution in [0, 0.1) is 0 Å². The zero-order valence-corrected chi connectivity index (χ0v) is 16.1. The van der Waals surface area contributed by atoms with Crippen molar-refractivity contribution in [3.05, 3.63) is 70.8 Å². The number of amides is 1. The van der Waals surface area contributed by atoms with Gasteiger partial charge in [-0.1, -0.05) is 18.2 Å². The highest BCUT2D eigenvalue weighted by Crippen LogP contribution is 2.20. The summed E-state index contributed by atoms with van der Waals surface area (Å²) < 4.78 is 13.5. The van der Waals surface area contributed by atoms with E-state index in [-0.39, 0.29) is 30.4 Å². The number of benzene rings is 2. The topological polar surface area (TPSA) is 91.3 Å². The van der Waals surface area contributed by atoms with Crippen LogP contribution in [-0.4, -0.2) is 33.9 Å². The number of rotatable bonds is 6. The molecule has 8 heteroatoms. The second kappa shape index (κ2) is 7.67. The molecule has 29 heavy (non-hydrogen) atoms. The third-order valence-corrected chi connectivity index (χ3v) is 4.65. The molecule has 0 saturated heterocycles. The number of para-hydroxylation sites is 1. The number of methoxy groups -OCH3 is 1.